The Bertz CT molecular complexity index is 474. The van der Waals surface area contributed by atoms with Gasteiger partial charge in [0.05, 0.1) is 21.3 Å². The molecule has 0 aliphatic heterocycles. The van der Waals surface area contributed by atoms with E-state index < -0.39 is 0 Å². The second-order valence-corrected chi connectivity index (χ2v) is 4.02. The molecule has 0 saturated carbocycles. The van der Waals surface area contributed by atoms with Crippen molar-refractivity contribution < 1.29 is 14.2 Å². The third-order valence-corrected chi connectivity index (χ3v) is 2.89. The Labute approximate surface area is 114 Å². The summed E-state index contributed by atoms with van der Waals surface area (Å²) in [4.78, 5) is 0. The molecule has 0 spiro atoms. The van der Waals surface area contributed by atoms with Crippen LogP contribution in [0.5, 0.6) is 17.2 Å². The van der Waals surface area contributed by atoms with Gasteiger partial charge in [0.2, 0.25) is 0 Å². The van der Waals surface area contributed by atoms with E-state index in [1.807, 2.05) is 13.0 Å². The van der Waals surface area contributed by atoms with Gasteiger partial charge in [-0.1, -0.05) is 0 Å². The smallest absolute Gasteiger partial charge is 0.164 e. The first kappa shape index (κ1) is 15.2. The van der Waals surface area contributed by atoms with Gasteiger partial charge in [0.1, 0.15) is 5.75 Å². The van der Waals surface area contributed by atoms with E-state index in [2.05, 4.69) is 11.8 Å². The Morgan fingerprint density at radius 1 is 1.05 bits per heavy atom. The fourth-order valence-electron chi connectivity index (χ4n) is 1.85. The van der Waals surface area contributed by atoms with Crippen molar-refractivity contribution in [3.05, 3.63) is 17.7 Å². The molecule has 0 heterocycles. The number of hydrogen-bond donors (Lipinski definition) is 1. The molecule has 1 rings (SSSR count). The van der Waals surface area contributed by atoms with Gasteiger partial charge in [0, 0.05) is 24.1 Å². The first-order valence-electron chi connectivity index (χ1n) is 6.13. The minimum atomic E-state index is -0.143. The molecule has 104 valence electrons. The van der Waals surface area contributed by atoms with Gasteiger partial charge < -0.3 is 19.9 Å². The molecule has 4 nitrogen and oxygen atoms in total. The Morgan fingerprint density at radius 2 is 1.63 bits per heavy atom. The van der Waals surface area contributed by atoms with Crippen molar-refractivity contribution in [3.8, 4) is 29.1 Å². The molecule has 1 atom stereocenters. The maximum Gasteiger partial charge on any atom is 0.164 e. The van der Waals surface area contributed by atoms with Gasteiger partial charge >= 0.3 is 0 Å². The van der Waals surface area contributed by atoms with Crippen LogP contribution in [0.4, 0.5) is 0 Å². The maximum atomic E-state index is 6.18. The van der Waals surface area contributed by atoms with Crippen LogP contribution < -0.4 is 19.9 Å². The first-order valence-corrected chi connectivity index (χ1v) is 6.13. The van der Waals surface area contributed by atoms with Crippen molar-refractivity contribution in [2.45, 2.75) is 25.8 Å². The van der Waals surface area contributed by atoms with Crippen LogP contribution in [-0.2, 0) is 0 Å². The fraction of sp³-hybridized carbons (Fsp3) is 0.467. The molecule has 1 unspecified atom stereocenters. The van der Waals surface area contributed by atoms with E-state index in [1.54, 1.807) is 27.4 Å². The van der Waals surface area contributed by atoms with E-state index in [0.717, 1.165) is 18.4 Å². The Hall–Kier alpha value is -1.86. The quantitative estimate of drug-likeness (QED) is 0.801. The van der Waals surface area contributed by atoms with Gasteiger partial charge in [-0.2, -0.15) is 0 Å². The van der Waals surface area contributed by atoms with Crippen molar-refractivity contribution in [2.24, 2.45) is 5.73 Å². The van der Waals surface area contributed by atoms with E-state index in [4.69, 9.17) is 19.9 Å². The van der Waals surface area contributed by atoms with Crippen molar-refractivity contribution in [1.82, 2.24) is 0 Å². The summed E-state index contributed by atoms with van der Waals surface area (Å²) >= 11 is 0. The van der Waals surface area contributed by atoms with E-state index in [1.165, 1.54) is 0 Å². The zero-order valence-corrected chi connectivity index (χ0v) is 11.9. The summed E-state index contributed by atoms with van der Waals surface area (Å²) in [5, 5.41) is 0. The molecule has 1 aromatic rings. The number of benzene rings is 1. The summed E-state index contributed by atoms with van der Waals surface area (Å²) in [6.07, 6.45) is 1.53. The minimum absolute atomic E-state index is 0.143. The zero-order valence-electron chi connectivity index (χ0n) is 11.9. The molecule has 2 N–H and O–H groups in total. The summed E-state index contributed by atoms with van der Waals surface area (Å²) in [7, 11) is 4.80. The van der Waals surface area contributed by atoms with Gasteiger partial charge in [-0.25, -0.2) is 0 Å². The normalized spacial score (nSPS) is 11.2. The van der Waals surface area contributed by atoms with Crippen molar-refractivity contribution in [2.75, 3.05) is 21.3 Å². The molecule has 0 aromatic heterocycles. The van der Waals surface area contributed by atoms with Gasteiger partial charge in [-0.05, 0) is 19.4 Å². The minimum Gasteiger partial charge on any atom is -0.496 e. The molecule has 0 aliphatic carbocycles. The lowest BCUT2D eigenvalue weighted by atomic mass is 10.0. The largest absolute Gasteiger partial charge is 0.496 e. The van der Waals surface area contributed by atoms with E-state index in [0.29, 0.717) is 17.2 Å². The molecule has 0 radical (unpaired) electrons. The lowest BCUT2D eigenvalue weighted by Crippen LogP contribution is -2.12. The SMILES string of the molecule is CC#CCCC(N)c1cc(OC)c(OC)cc1OC. The van der Waals surface area contributed by atoms with Crippen LogP contribution >= 0.6 is 0 Å². The lowest BCUT2D eigenvalue weighted by Gasteiger charge is -2.18. The molecular weight excluding hydrogens is 242 g/mol. The average Bonchev–Trinajstić information content (AvgIpc) is 2.45. The summed E-state index contributed by atoms with van der Waals surface area (Å²) in [6.45, 7) is 1.82. The van der Waals surface area contributed by atoms with Crippen LogP contribution in [0.15, 0.2) is 12.1 Å². The van der Waals surface area contributed by atoms with Gasteiger partial charge in [-0.3, -0.25) is 0 Å². The van der Waals surface area contributed by atoms with Crippen LogP contribution in [0.25, 0.3) is 0 Å². The van der Waals surface area contributed by atoms with Crippen molar-refractivity contribution in [1.29, 1.82) is 0 Å². The predicted octanol–water partition coefficient (Wildman–Crippen LogP) is 2.52. The van der Waals surface area contributed by atoms with Gasteiger partial charge in [-0.15, -0.1) is 11.8 Å². The standard InChI is InChI=1S/C15H21NO3/c1-5-6-7-8-12(16)11-9-14(18-3)15(19-4)10-13(11)17-2/h9-10,12H,7-8,16H2,1-4H3. The highest BCUT2D eigenvalue weighted by Crippen LogP contribution is 2.37. The third kappa shape index (κ3) is 3.80. The second-order valence-electron chi connectivity index (χ2n) is 4.02. The molecule has 19 heavy (non-hydrogen) atoms. The van der Waals surface area contributed by atoms with E-state index in [9.17, 15) is 0 Å². The second kappa shape index (κ2) is 7.55. The summed E-state index contributed by atoms with van der Waals surface area (Å²) in [5.41, 5.74) is 7.08. The van der Waals surface area contributed by atoms with Crippen LogP contribution in [0.1, 0.15) is 31.4 Å². The molecule has 0 saturated heterocycles. The molecule has 0 bridgehead atoms. The summed E-state index contributed by atoms with van der Waals surface area (Å²) in [6, 6.07) is 3.51. The van der Waals surface area contributed by atoms with E-state index in [-0.39, 0.29) is 6.04 Å². The molecule has 0 aliphatic rings. The Morgan fingerprint density at radius 3 is 2.16 bits per heavy atom. The van der Waals surface area contributed by atoms with Gasteiger partial charge in [0.25, 0.3) is 0 Å². The topological polar surface area (TPSA) is 53.7 Å². The lowest BCUT2D eigenvalue weighted by molar-refractivity contribution is 0.346. The van der Waals surface area contributed by atoms with E-state index >= 15 is 0 Å². The van der Waals surface area contributed by atoms with Gasteiger partial charge in [0.15, 0.2) is 11.5 Å². The number of hydrogen-bond acceptors (Lipinski definition) is 4. The monoisotopic (exact) mass is 263 g/mol. The van der Waals surface area contributed by atoms with Crippen LogP contribution in [0, 0.1) is 11.8 Å². The van der Waals surface area contributed by atoms with Crippen molar-refractivity contribution >= 4 is 0 Å². The number of rotatable bonds is 6. The number of ether oxygens (including phenoxy) is 3. The van der Waals surface area contributed by atoms with Crippen molar-refractivity contribution in [3.63, 3.8) is 0 Å². The predicted molar refractivity (Wildman–Crippen MR) is 75.7 cm³/mol. The third-order valence-electron chi connectivity index (χ3n) is 2.89. The Balaban J connectivity index is 3.05. The average molecular weight is 263 g/mol. The molecule has 1 aromatic carbocycles. The highest BCUT2D eigenvalue weighted by Gasteiger charge is 2.16. The molecule has 4 heteroatoms. The Kier molecular flexibility index (Phi) is 6.04. The number of nitrogens with two attached hydrogens (primary N) is 1. The maximum absolute atomic E-state index is 6.18. The highest BCUT2D eigenvalue weighted by molar-refractivity contribution is 5.51. The molecule has 0 amide bonds. The summed E-state index contributed by atoms with van der Waals surface area (Å²) in [5.74, 6) is 7.85. The van der Waals surface area contributed by atoms with Crippen LogP contribution in [-0.4, -0.2) is 21.3 Å². The number of methoxy groups -OCH3 is 3. The molecule has 0 fully saturated rings. The zero-order chi connectivity index (χ0) is 14.3. The van der Waals surface area contributed by atoms with Crippen LogP contribution in [0.3, 0.4) is 0 Å². The summed E-state index contributed by atoms with van der Waals surface area (Å²) < 4.78 is 15.9. The molecular formula is C15H21NO3. The fourth-order valence-corrected chi connectivity index (χ4v) is 1.85. The highest BCUT2D eigenvalue weighted by atomic mass is 16.5. The first-order chi connectivity index (χ1) is 9.17. The van der Waals surface area contributed by atoms with Crippen LogP contribution in [0.2, 0.25) is 0 Å².